The van der Waals surface area contributed by atoms with E-state index in [-0.39, 0.29) is 0 Å². The molecule has 0 aliphatic carbocycles. The van der Waals surface area contributed by atoms with Crippen LogP contribution in [0.1, 0.15) is 46.0 Å². The van der Waals surface area contributed by atoms with Crippen LogP contribution in [0.5, 0.6) is 0 Å². The molecule has 0 radical (unpaired) electrons. The van der Waals surface area contributed by atoms with E-state index in [0.717, 1.165) is 12.5 Å². The Morgan fingerprint density at radius 1 is 1.12 bits per heavy atom. The summed E-state index contributed by atoms with van der Waals surface area (Å²) in [4.78, 5) is 0. The van der Waals surface area contributed by atoms with Crippen molar-refractivity contribution in [1.82, 2.24) is 0 Å². The van der Waals surface area contributed by atoms with Crippen LogP contribution in [0, 0.1) is 5.92 Å². The van der Waals surface area contributed by atoms with E-state index in [4.69, 9.17) is 4.74 Å². The number of fused-ring (bicyclic) bond motifs is 3. The molecule has 0 spiro atoms. The predicted molar refractivity (Wildman–Crippen MR) is 67.4 cm³/mol. The highest BCUT2D eigenvalue weighted by molar-refractivity contribution is 4.80. The van der Waals surface area contributed by atoms with Gasteiger partial charge in [-0.2, -0.15) is 0 Å². The molecule has 0 aromatic heterocycles. The van der Waals surface area contributed by atoms with Crippen molar-refractivity contribution in [2.45, 2.75) is 52.1 Å². The molecule has 1 unspecified atom stereocenters. The van der Waals surface area contributed by atoms with Crippen LogP contribution < -0.4 is 0 Å². The molecule has 0 N–H and O–H groups in total. The number of unbranched alkanes of at least 4 members (excludes halogenated alkanes) is 2. The first-order chi connectivity index (χ1) is 7.79. The number of piperidine rings is 3. The molecular weight excluding hydrogens is 198 g/mol. The second-order valence-corrected chi connectivity index (χ2v) is 5.73. The molecule has 3 saturated heterocycles. The van der Waals surface area contributed by atoms with Gasteiger partial charge in [-0.05, 0) is 19.8 Å². The van der Waals surface area contributed by atoms with Gasteiger partial charge in [-0.25, -0.2) is 0 Å². The normalized spacial score (nSPS) is 37.9. The minimum Gasteiger partial charge on any atom is -0.372 e. The average molecular weight is 226 g/mol. The number of quaternary nitrogens is 1. The Kier molecular flexibility index (Phi) is 4.26. The number of ether oxygens (including phenoxy) is 1. The van der Waals surface area contributed by atoms with Gasteiger partial charge in [0, 0.05) is 25.4 Å². The van der Waals surface area contributed by atoms with Crippen molar-refractivity contribution in [2.24, 2.45) is 5.92 Å². The summed E-state index contributed by atoms with van der Waals surface area (Å²) in [6.07, 6.45) is 7.57. The summed E-state index contributed by atoms with van der Waals surface area (Å²) in [6.45, 7) is 10.9. The van der Waals surface area contributed by atoms with E-state index in [9.17, 15) is 0 Å². The zero-order chi connectivity index (χ0) is 11.4. The first kappa shape index (κ1) is 12.4. The van der Waals surface area contributed by atoms with Gasteiger partial charge in [0.2, 0.25) is 0 Å². The highest BCUT2D eigenvalue weighted by Gasteiger charge is 2.45. The van der Waals surface area contributed by atoms with Crippen molar-refractivity contribution in [2.75, 3.05) is 32.8 Å². The first-order valence-electron chi connectivity index (χ1n) is 7.26. The fraction of sp³-hybridized carbons (Fsp3) is 1.00. The molecule has 0 aromatic rings. The minimum atomic E-state index is 0.578. The third-order valence-corrected chi connectivity index (χ3v) is 4.66. The van der Waals surface area contributed by atoms with Crippen molar-refractivity contribution in [3.63, 3.8) is 0 Å². The van der Waals surface area contributed by atoms with Gasteiger partial charge in [-0.1, -0.05) is 13.3 Å². The number of hydrogen-bond acceptors (Lipinski definition) is 1. The smallest absolute Gasteiger partial charge is 0.110 e. The number of rotatable bonds is 6. The third kappa shape index (κ3) is 2.60. The Hall–Kier alpha value is -0.0800. The molecule has 16 heavy (non-hydrogen) atoms. The molecular formula is C14H28NO+. The van der Waals surface area contributed by atoms with Gasteiger partial charge in [-0.3, -0.25) is 0 Å². The molecule has 3 fully saturated rings. The van der Waals surface area contributed by atoms with Gasteiger partial charge in [0.25, 0.3) is 0 Å². The van der Waals surface area contributed by atoms with E-state index in [1.807, 2.05) is 0 Å². The largest absolute Gasteiger partial charge is 0.372 e. The molecule has 3 aliphatic rings. The topological polar surface area (TPSA) is 9.23 Å². The van der Waals surface area contributed by atoms with E-state index in [1.165, 1.54) is 62.8 Å². The SMILES string of the molecule is CCCCC[N+]12CCC(CC1)C(OCC)C2. The minimum absolute atomic E-state index is 0.578. The highest BCUT2D eigenvalue weighted by atomic mass is 16.5. The Balaban J connectivity index is 1.88. The molecule has 2 bridgehead atoms. The van der Waals surface area contributed by atoms with E-state index >= 15 is 0 Å². The number of nitrogens with zero attached hydrogens (tertiary/aromatic N) is 1. The Labute approximate surface area is 101 Å². The summed E-state index contributed by atoms with van der Waals surface area (Å²) in [5, 5.41) is 0. The van der Waals surface area contributed by atoms with Crippen LogP contribution in [0.25, 0.3) is 0 Å². The quantitative estimate of drug-likeness (QED) is 0.500. The Morgan fingerprint density at radius 2 is 1.88 bits per heavy atom. The number of hydrogen-bond donors (Lipinski definition) is 0. The van der Waals surface area contributed by atoms with E-state index in [0.29, 0.717) is 6.10 Å². The van der Waals surface area contributed by atoms with Crippen molar-refractivity contribution in [3.8, 4) is 0 Å². The van der Waals surface area contributed by atoms with Crippen molar-refractivity contribution in [1.29, 1.82) is 0 Å². The van der Waals surface area contributed by atoms with Crippen LogP contribution in [0.2, 0.25) is 0 Å². The third-order valence-electron chi connectivity index (χ3n) is 4.66. The molecule has 3 aliphatic heterocycles. The van der Waals surface area contributed by atoms with Gasteiger partial charge >= 0.3 is 0 Å². The zero-order valence-electron chi connectivity index (χ0n) is 11.1. The summed E-state index contributed by atoms with van der Waals surface area (Å²) in [7, 11) is 0. The molecule has 2 heteroatoms. The lowest BCUT2D eigenvalue weighted by Crippen LogP contribution is -2.64. The molecule has 0 amide bonds. The van der Waals surface area contributed by atoms with Crippen LogP contribution in [0.3, 0.4) is 0 Å². The second kappa shape index (κ2) is 5.50. The standard InChI is InChI=1S/C14H28NO/c1-3-5-6-9-15-10-7-13(8-11-15)14(12-15)16-4-2/h13-14H,3-12H2,1-2H3/q+1. The first-order valence-corrected chi connectivity index (χ1v) is 7.26. The summed E-state index contributed by atoms with van der Waals surface area (Å²) >= 11 is 0. The van der Waals surface area contributed by atoms with E-state index < -0.39 is 0 Å². The monoisotopic (exact) mass is 226 g/mol. The molecule has 3 rings (SSSR count). The summed E-state index contributed by atoms with van der Waals surface area (Å²) in [5.74, 6) is 0.881. The van der Waals surface area contributed by atoms with Crippen LogP contribution in [0.4, 0.5) is 0 Å². The maximum absolute atomic E-state index is 5.93. The van der Waals surface area contributed by atoms with Crippen molar-refractivity contribution in [3.05, 3.63) is 0 Å². The van der Waals surface area contributed by atoms with Gasteiger partial charge in [0.1, 0.15) is 12.6 Å². The zero-order valence-corrected chi connectivity index (χ0v) is 11.1. The predicted octanol–water partition coefficient (Wildman–Crippen LogP) is 2.82. The summed E-state index contributed by atoms with van der Waals surface area (Å²) in [6, 6.07) is 0. The molecule has 1 atom stereocenters. The maximum atomic E-state index is 5.93. The molecule has 2 nitrogen and oxygen atoms in total. The Bertz CT molecular complexity index is 209. The lowest BCUT2D eigenvalue weighted by Gasteiger charge is -2.52. The van der Waals surface area contributed by atoms with E-state index in [1.54, 1.807) is 0 Å². The fourth-order valence-corrected chi connectivity index (χ4v) is 3.64. The maximum Gasteiger partial charge on any atom is 0.110 e. The molecule has 3 heterocycles. The summed E-state index contributed by atoms with van der Waals surface area (Å²) in [5.41, 5.74) is 0. The summed E-state index contributed by atoms with van der Waals surface area (Å²) < 4.78 is 7.31. The van der Waals surface area contributed by atoms with Gasteiger partial charge in [0.15, 0.2) is 0 Å². The molecule has 94 valence electrons. The average Bonchev–Trinajstić information content (AvgIpc) is 2.31. The van der Waals surface area contributed by atoms with Crippen LogP contribution in [-0.2, 0) is 4.74 Å². The fourth-order valence-electron chi connectivity index (χ4n) is 3.64. The highest BCUT2D eigenvalue weighted by Crippen LogP contribution is 2.35. The second-order valence-electron chi connectivity index (χ2n) is 5.73. The lowest BCUT2D eigenvalue weighted by molar-refractivity contribution is -0.946. The van der Waals surface area contributed by atoms with Crippen LogP contribution in [-0.4, -0.2) is 43.4 Å². The van der Waals surface area contributed by atoms with E-state index in [2.05, 4.69) is 13.8 Å². The van der Waals surface area contributed by atoms with Crippen LogP contribution >= 0.6 is 0 Å². The molecule has 0 saturated carbocycles. The lowest BCUT2D eigenvalue weighted by atomic mass is 9.83. The van der Waals surface area contributed by atoms with Crippen molar-refractivity contribution < 1.29 is 9.22 Å². The Morgan fingerprint density at radius 3 is 2.50 bits per heavy atom. The van der Waals surface area contributed by atoms with Gasteiger partial charge in [-0.15, -0.1) is 0 Å². The van der Waals surface area contributed by atoms with Gasteiger partial charge < -0.3 is 9.22 Å². The van der Waals surface area contributed by atoms with Gasteiger partial charge in [0.05, 0.1) is 19.6 Å². The van der Waals surface area contributed by atoms with Crippen molar-refractivity contribution >= 4 is 0 Å². The van der Waals surface area contributed by atoms with Crippen LogP contribution in [0.15, 0.2) is 0 Å². The molecule has 0 aromatic carbocycles.